The average Bonchev–Trinajstić information content (AvgIpc) is 2.44. The molecule has 0 aliphatic heterocycles. The van der Waals surface area contributed by atoms with Crippen molar-refractivity contribution in [3.8, 4) is 0 Å². The first-order valence-corrected chi connectivity index (χ1v) is 5.82. The Kier molecular flexibility index (Phi) is 4.09. The standard InChI is InChI=1S/C13H13F3N4/c14-13(15,16)11-4-2-1-3-9(11)8-19-10-5-6-18-12(7-10)20-17/h1-7H,8,17H2,(H2,18,19,20). The van der Waals surface area contributed by atoms with Gasteiger partial charge in [-0.2, -0.15) is 13.2 Å². The highest BCUT2D eigenvalue weighted by molar-refractivity contribution is 5.51. The summed E-state index contributed by atoms with van der Waals surface area (Å²) >= 11 is 0. The molecule has 1 heterocycles. The fourth-order valence-electron chi connectivity index (χ4n) is 1.77. The van der Waals surface area contributed by atoms with Gasteiger partial charge in [0.05, 0.1) is 5.56 Å². The second-order valence-electron chi connectivity index (χ2n) is 4.08. The van der Waals surface area contributed by atoms with Crippen LogP contribution in [-0.4, -0.2) is 4.98 Å². The van der Waals surface area contributed by atoms with E-state index in [0.29, 0.717) is 11.5 Å². The number of nitrogen functional groups attached to an aromatic ring is 1. The first-order chi connectivity index (χ1) is 9.50. The van der Waals surface area contributed by atoms with Gasteiger partial charge < -0.3 is 10.7 Å². The van der Waals surface area contributed by atoms with Crippen LogP contribution in [0.5, 0.6) is 0 Å². The van der Waals surface area contributed by atoms with Crippen molar-refractivity contribution in [2.45, 2.75) is 12.7 Å². The highest BCUT2D eigenvalue weighted by atomic mass is 19.4. The summed E-state index contributed by atoms with van der Waals surface area (Å²) in [7, 11) is 0. The summed E-state index contributed by atoms with van der Waals surface area (Å²) in [6.07, 6.45) is -2.85. The van der Waals surface area contributed by atoms with Crippen LogP contribution in [0.3, 0.4) is 0 Å². The Morgan fingerprint density at radius 2 is 1.90 bits per heavy atom. The van der Waals surface area contributed by atoms with Crippen LogP contribution >= 0.6 is 0 Å². The lowest BCUT2D eigenvalue weighted by atomic mass is 10.1. The third-order valence-electron chi connectivity index (χ3n) is 2.71. The summed E-state index contributed by atoms with van der Waals surface area (Å²) < 4.78 is 38.5. The number of anilines is 2. The molecular formula is C13H13F3N4. The molecule has 0 spiro atoms. The van der Waals surface area contributed by atoms with Crippen molar-refractivity contribution in [3.05, 3.63) is 53.7 Å². The lowest BCUT2D eigenvalue weighted by molar-refractivity contribution is -0.138. The third kappa shape index (κ3) is 3.39. The van der Waals surface area contributed by atoms with Gasteiger partial charge in [0.1, 0.15) is 5.82 Å². The number of nitrogens with zero attached hydrogens (tertiary/aromatic N) is 1. The second kappa shape index (κ2) is 5.79. The quantitative estimate of drug-likeness (QED) is 0.596. The molecule has 0 amide bonds. The zero-order valence-electron chi connectivity index (χ0n) is 10.4. The number of hydrazine groups is 1. The number of nitrogens with one attached hydrogen (secondary N) is 2. The number of hydrogen-bond donors (Lipinski definition) is 3. The van der Waals surface area contributed by atoms with Crippen LogP contribution in [0.15, 0.2) is 42.6 Å². The zero-order chi connectivity index (χ0) is 14.6. The highest BCUT2D eigenvalue weighted by Crippen LogP contribution is 2.32. The minimum absolute atomic E-state index is 0.0592. The van der Waals surface area contributed by atoms with E-state index >= 15 is 0 Å². The fourth-order valence-corrected chi connectivity index (χ4v) is 1.77. The number of benzene rings is 1. The van der Waals surface area contributed by atoms with Crippen LogP contribution in [-0.2, 0) is 12.7 Å². The Bertz CT molecular complexity index is 584. The summed E-state index contributed by atoms with van der Waals surface area (Å²) in [6, 6.07) is 8.71. The molecule has 0 radical (unpaired) electrons. The van der Waals surface area contributed by atoms with E-state index in [-0.39, 0.29) is 12.1 Å². The van der Waals surface area contributed by atoms with Crippen molar-refractivity contribution in [2.75, 3.05) is 10.7 Å². The van der Waals surface area contributed by atoms with Gasteiger partial charge in [0.15, 0.2) is 0 Å². The zero-order valence-corrected chi connectivity index (χ0v) is 10.4. The van der Waals surface area contributed by atoms with Gasteiger partial charge in [0.2, 0.25) is 0 Å². The predicted molar refractivity (Wildman–Crippen MR) is 70.8 cm³/mol. The van der Waals surface area contributed by atoms with Crippen molar-refractivity contribution in [2.24, 2.45) is 5.84 Å². The van der Waals surface area contributed by atoms with E-state index in [1.165, 1.54) is 18.3 Å². The van der Waals surface area contributed by atoms with Gasteiger partial charge in [0.25, 0.3) is 0 Å². The lowest BCUT2D eigenvalue weighted by Crippen LogP contribution is -2.12. The van der Waals surface area contributed by atoms with E-state index in [1.807, 2.05) is 0 Å². The van der Waals surface area contributed by atoms with Gasteiger partial charge in [-0.15, -0.1) is 0 Å². The first-order valence-electron chi connectivity index (χ1n) is 5.82. The van der Waals surface area contributed by atoms with Crippen molar-refractivity contribution in [1.82, 2.24) is 4.98 Å². The summed E-state index contributed by atoms with van der Waals surface area (Å²) in [5.74, 6) is 5.65. The van der Waals surface area contributed by atoms with Gasteiger partial charge in [-0.1, -0.05) is 18.2 Å². The fraction of sp³-hybridized carbons (Fsp3) is 0.154. The molecular weight excluding hydrogens is 269 g/mol. The van der Waals surface area contributed by atoms with Gasteiger partial charge >= 0.3 is 6.18 Å². The minimum atomic E-state index is -4.36. The maximum atomic E-state index is 12.8. The van der Waals surface area contributed by atoms with Crippen LogP contribution < -0.4 is 16.6 Å². The van der Waals surface area contributed by atoms with Gasteiger partial charge in [-0.3, -0.25) is 0 Å². The van der Waals surface area contributed by atoms with E-state index in [9.17, 15) is 13.2 Å². The van der Waals surface area contributed by atoms with Crippen molar-refractivity contribution in [3.63, 3.8) is 0 Å². The molecule has 2 rings (SSSR count). The molecule has 0 bridgehead atoms. The molecule has 1 aromatic carbocycles. The van der Waals surface area contributed by atoms with Crippen molar-refractivity contribution in [1.29, 1.82) is 0 Å². The summed E-state index contributed by atoms with van der Waals surface area (Å²) in [4.78, 5) is 3.91. The Balaban J connectivity index is 2.15. The first kappa shape index (κ1) is 14.1. The molecule has 0 saturated carbocycles. The Hall–Kier alpha value is -2.28. The maximum Gasteiger partial charge on any atom is 0.416 e. The number of rotatable bonds is 4. The van der Waals surface area contributed by atoms with Gasteiger partial charge in [-0.25, -0.2) is 10.8 Å². The second-order valence-corrected chi connectivity index (χ2v) is 4.08. The van der Waals surface area contributed by atoms with Crippen LogP contribution in [0.25, 0.3) is 0 Å². The number of hydrogen-bond acceptors (Lipinski definition) is 4. The van der Waals surface area contributed by atoms with Crippen LogP contribution in [0, 0.1) is 0 Å². The Labute approximate surface area is 113 Å². The number of aromatic nitrogens is 1. The minimum Gasteiger partial charge on any atom is -0.381 e. The smallest absolute Gasteiger partial charge is 0.381 e. The van der Waals surface area contributed by atoms with E-state index < -0.39 is 11.7 Å². The largest absolute Gasteiger partial charge is 0.416 e. The topological polar surface area (TPSA) is 63.0 Å². The molecule has 1 aromatic heterocycles. The summed E-state index contributed by atoms with van der Waals surface area (Å²) in [5, 5.41) is 2.91. The van der Waals surface area contributed by atoms with Crippen molar-refractivity contribution < 1.29 is 13.2 Å². The number of nitrogens with two attached hydrogens (primary N) is 1. The van der Waals surface area contributed by atoms with Gasteiger partial charge in [-0.05, 0) is 17.7 Å². The molecule has 2 aromatic rings. The molecule has 0 atom stereocenters. The summed E-state index contributed by atoms with van der Waals surface area (Å²) in [5.41, 5.74) is 2.54. The monoisotopic (exact) mass is 282 g/mol. The predicted octanol–water partition coefficient (Wildman–Crippen LogP) is 3.00. The average molecular weight is 282 g/mol. The molecule has 0 aliphatic rings. The van der Waals surface area contributed by atoms with Gasteiger partial charge in [0, 0.05) is 24.5 Å². The molecule has 106 valence electrons. The SMILES string of the molecule is NNc1cc(NCc2ccccc2C(F)(F)F)ccn1. The molecule has 4 nitrogen and oxygen atoms in total. The van der Waals surface area contributed by atoms with Crippen LogP contribution in [0.1, 0.15) is 11.1 Å². The lowest BCUT2D eigenvalue weighted by Gasteiger charge is -2.14. The molecule has 0 fully saturated rings. The number of halogens is 3. The number of pyridine rings is 1. The maximum absolute atomic E-state index is 12.8. The molecule has 0 aliphatic carbocycles. The Morgan fingerprint density at radius 1 is 1.15 bits per heavy atom. The van der Waals surface area contributed by atoms with E-state index in [4.69, 9.17) is 5.84 Å². The Morgan fingerprint density at radius 3 is 2.60 bits per heavy atom. The van der Waals surface area contributed by atoms with Crippen LogP contribution in [0.2, 0.25) is 0 Å². The molecule has 7 heteroatoms. The highest BCUT2D eigenvalue weighted by Gasteiger charge is 2.32. The summed E-state index contributed by atoms with van der Waals surface area (Å²) in [6.45, 7) is 0.0592. The normalized spacial score (nSPS) is 11.2. The number of alkyl halides is 3. The third-order valence-corrected chi connectivity index (χ3v) is 2.71. The van der Waals surface area contributed by atoms with E-state index in [0.717, 1.165) is 6.07 Å². The molecule has 0 saturated heterocycles. The van der Waals surface area contributed by atoms with E-state index in [1.54, 1.807) is 18.2 Å². The van der Waals surface area contributed by atoms with Crippen molar-refractivity contribution >= 4 is 11.5 Å². The molecule has 4 N–H and O–H groups in total. The molecule has 0 unspecified atom stereocenters. The molecule has 20 heavy (non-hydrogen) atoms. The van der Waals surface area contributed by atoms with Crippen LogP contribution in [0.4, 0.5) is 24.7 Å². The van der Waals surface area contributed by atoms with E-state index in [2.05, 4.69) is 15.7 Å².